The van der Waals surface area contributed by atoms with Gasteiger partial charge in [-0.25, -0.2) is 4.79 Å². The van der Waals surface area contributed by atoms with Gasteiger partial charge in [-0.3, -0.25) is 9.36 Å². The van der Waals surface area contributed by atoms with Crippen LogP contribution < -0.4 is 11.2 Å². The summed E-state index contributed by atoms with van der Waals surface area (Å²) in [5.74, 6) is 0. The van der Waals surface area contributed by atoms with E-state index in [1.54, 1.807) is 0 Å². The molecule has 2 rings (SSSR count). The van der Waals surface area contributed by atoms with Gasteiger partial charge in [0.1, 0.15) is 4.70 Å². The molecule has 0 unspecified atom stereocenters. The van der Waals surface area contributed by atoms with Crippen LogP contribution in [0.15, 0.2) is 15.7 Å². The Morgan fingerprint density at radius 2 is 2.19 bits per heavy atom. The van der Waals surface area contributed by atoms with Crippen LogP contribution in [0, 0.1) is 0 Å². The average molecular weight is 238 g/mol. The van der Waals surface area contributed by atoms with Crippen LogP contribution in [0.1, 0.15) is 24.6 Å². The molecule has 0 radical (unpaired) electrons. The number of unbranched alkanes of at least 4 members (excludes halogenated alkanes) is 1. The summed E-state index contributed by atoms with van der Waals surface area (Å²) in [6.07, 6.45) is 3.21. The molecule has 0 aliphatic rings. The van der Waals surface area contributed by atoms with Crippen LogP contribution in [-0.2, 0) is 13.5 Å². The highest BCUT2D eigenvalue weighted by Crippen LogP contribution is 2.21. The van der Waals surface area contributed by atoms with Gasteiger partial charge in [0.05, 0.1) is 5.52 Å². The maximum Gasteiger partial charge on any atom is 0.328 e. The Morgan fingerprint density at radius 3 is 2.88 bits per heavy atom. The van der Waals surface area contributed by atoms with Crippen LogP contribution >= 0.6 is 11.3 Å². The van der Waals surface area contributed by atoms with E-state index in [-0.39, 0.29) is 11.2 Å². The minimum Gasteiger partial charge on any atom is -0.306 e. The van der Waals surface area contributed by atoms with Gasteiger partial charge in [-0.15, -0.1) is 11.3 Å². The molecule has 0 spiro atoms. The van der Waals surface area contributed by atoms with Gasteiger partial charge in [0.15, 0.2) is 0 Å². The Labute approximate surface area is 96.6 Å². The Balaban J connectivity index is 2.58. The van der Waals surface area contributed by atoms with Gasteiger partial charge in [0.25, 0.3) is 5.56 Å². The molecular weight excluding hydrogens is 224 g/mol. The smallest absolute Gasteiger partial charge is 0.306 e. The predicted molar refractivity (Wildman–Crippen MR) is 66.3 cm³/mol. The third-order valence-electron chi connectivity index (χ3n) is 2.60. The SMILES string of the molecule is CCCCc1cc2[nH]c(=O)n(C)c(=O)c2s1. The van der Waals surface area contributed by atoms with Crippen molar-refractivity contribution >= 4 is 21.6 Å². The fraction of sp³-hybridized carbons (Fsp3) is 0.455. The van der Waals surface area contributed by atoms with Crippen molar-refractivity contribution in [3.05, 3.63) is 31.8 Å². The first-order chi connectivity index (χ1) is 7.63. The summed E-state index contributed by atoms with van der Waals surface area (Å²) >= 11 is 1.48. The van der Waals surface area contributed by atoms with Crippen molar-refractivity contribution in [3.63, 3.8) is 0 Å². The first-order valence-corrected chi connectivity index (χ1v) is 6.17. The second kappa shape index (κ2) is 4.25. The zero-order chi connectivity index (χ0) is 11.7. The summed E-state index contributed by atoms with van der Waals surface area (Å²) in [5.41, 5.74) is 0.119. The molecule has 0 aliphatic heterocycles. The summed E-state index contributed by atoms with van der Waals surface area (Å²) in [6, 6.07) is 1.92. The molecule has 5 heteroatoms. The second-order valence-electron chi connectivity index (χ2n) is 3.85. The van der Waals surface area contributed by atoms with Crippen LogP contribution in [0.5, 0.6) is 0 Å². The Hall–Kier alpha value is -1.36. The van der Waals surface area contributed by atoms with Crippen LogP contribution in [0.25, 0.3) is 10.2 Å². The fourth-order valence-corrected chi connectivity index (χ4v) is 2.74. The fourth-order valence-electron chi connectivity index (χ4n) is 1.61. The van der Waals surface area contributed by atoms with Gasteiger partial charge in [0, 0.05) is 11.9 Å². The maximum absolute atomic E-state index is 11.8. The second-order valence-corrected chi connectivity index (χ2v) is 4.99. The van der Waals surface area contributed by atoms with Gasteiger partial charge in [0.2, 0.25) is 0 Å². The quantitative estimate of drug-likeness (QED) is 0.883. The molecular formula is C11H14N2O2S. The third-order valence-corrected chi connectivity index (χ3v) is 3.79. The number of aromatic amines is 1. The molecule has 86 valence electrons. The van der Waals surface area contributed by atoms with Gasteiger partial charge in [-0.1, -0.05) is 13.3 Å². The zero-order valence-electron chi connectivity index (χ0n) is 9.37. The Morgan fingerprint density at radius 1 is 1.44 bits per heavy atom. The van der Waals surface area contributed by atoms with Crippen molar-refractivity contribution in [3.8, 4) is 0 Å². The summed E-state index contributed by atoms with van der Waals surface area (Å²) in [7, 11) is 1.49. The third kappa shape index (κ3) is 1.82. The normalized spacial score (nSPS) is 11.1. The van der Waals surface area contributed by atoms with E-state index in [9.17, 15) is 9.59 Å². The molecule has 0 atom stereocenters. The van der Waals surface area contributed by atoms with E-state index in [0.717, 1.165) is 28.7 Å². The number of hydrogen-bond acceptors (Lipinski definition) is 3. The summed E-state index contributed by atoms with van der Waals surface area (Å²) in [6.45, 7) is 2.13. The van der Waals surface area contributed by atoms with E-state index >= 15 is 0 Å². The van der Waals surface area contributed by atoms with E-state index < -0.39 is 0 Å². The number of rotatable bonds is 3. The molecule has 16 heavy (non-hydrogen) atoms. The van der Waals surface area contributed by atoms with Gasteiger partial charge >= 0.3 is 5.69 Å². The number of fused-ring (bicyclic) bond motifs is 1. The molecule has 1 N–H and O–H groups in total. The summed E-state index contributed by atoms with van der Waals surface area (Å²) in [4.78, 5) is 27.1. The lowest BCUT2D eigenvalue weighted by Gasteiger charge is -1.93. The average Bonchev–Trinajstić information content (AvgIpc) is 2.66. The number of aryl methyl sites for hydroxylation is 1. The number of nitrogens with one attached hydrogen (secondary N) is 1. The monoisotopic (exact) mass is 238 g/mol. The molecule has 2 aromatic rings. The number of H-pyrrole nitrogens is 1. The van der Waals surface area contributed by atoms with Crippen molar-refractivity contribution in [1.29, 1.82) is 0 Å². The van der Waals surface area contributed by atoms with Crippen molar-refractivity contribution in [2.24, 2.45) is 7.05 Å². The van der Waals surface area contributed by atoms with Crippen LogP contribution in [0.4, 0.5) is 0 Å². The van der Waals surface area contributed by atoms with Crippen LogP contribution in [0.2, 0.25) is 0 Å². The highest BCUT2D eigenvalue weighted by Gasteiger charge is 2.08. The molecule has 4 nitrogen and oxygen atoms in total. The van der Waals surface area contributed by atoms with E-state index in [0.29, 0.717) is 10.2 Å². The molecule has 2 heterocycles. The van der Waals surface area contributed by atoms with E-state index in [1.807, 2.05) is 6.07 Å². The number of aromatic nitrogens is 2. The number of hydrogen-bond donors (Lipinski definition) is 1. The largest absolute Gasteiger partial charge is 0.328 e. The molecule has 0 aliphatic carbocycles. The molecule has 2 aromatic heterocycles. The van der Waals surface area contributed by atoms with E-state index in [2.05, 4.69) is 11.9 Å². The van der Waals surface area contributed by atoms with Crippen molar-refractivity contribution in [2.75, 3.05) is 0 Å². The highest BCUT2D eigenvalue weighted by atomic mass is 32.1. The maximum atomic E-state index is 11.8. The lowest BCUT2D eigenvalue weighted by Crippen LogP contribution is -2.31. The van der Waals surface area contributed by atoms with Crippen molar-refractivity contribution in [2.45, 2.75) is 26.2 Å². The van der Waals surface area contributed by atoms with E-state index in [4.69, 9.17) is 0 Å². The van der Waals surface area contributed by atoms with E-state index in [1.165, 1.54) is 18.4 Å². The molecule has 0 amide bonds. The molecule has 0 fully saturated rings. The van der Waals surface area contributed by atoms with Crippen LogP contribution in [-0.4, -0.2) is 9.55 Å². The Kier molecular flexibility index (Phi) is 2.96. The first kappa shape index (κ1) is 11.1. The van der Waals surface area contributed by atoms with Crippen LogP contribution in [0.3, 0.4) is 0 Å². The topological polar surface area (TPSA) is 54.9 Å². The van der Waals surface area contributed by atoms with Crippen molar-refractivity contribution in [1.82, 2.24) is 9.55 Å². The molecule has 0 saturated heterocycles. The molecule has 0 saturated carbocycles. The minimum atomic E-state index is -0.350. The lowest BCUT2D eigenvalue weighted by molar-refractivity contribution is 0.795. The highest BCUT2D eigenvalue weighted by molar-refractivity contribution is 7.18. The Bertz CT molecular complexity index is 621. The molecule has 0 bridgehead atoms. The molecule has 0 aromatic carbocycles. The lowest BCUT2D eigenvalue weighted by atomic mass is 10.2. The standard InChI is InChI=1S/C11H14N2O2S/c1-3-4-5-7-6-8-9(16-7)10(14)13(2)11(15)12-8/h6H,3-5H2,1-2H3,(H,12,15). The first-order valence-electron chi connectivity index (χ1n) is 5.35. The zero-order valence-corrected chi connectivity index (χ0v) is 10.2. The van der Waals surface area contributed by atoms with Gasteiger partial charge in [-0.2, -0.15) is 0 Å². The summed E-state index contributed by atoms with van der Waals surface area (Å²) < 4.78 is 1.76. The minimum absolute atomic E-state index is 0.202. The van der Waals surface area contributed by atoms with Gasteiger partial charge < -0.3 is 4.98 Å². The van der Waals surface area contributed by atoms with Gasteiger partial charge in [-0.05, 0) is 18.9 Å². The summed E-state index contributed by atoms with van der Waals surface area (Å²) in [5, 5.41) is 0. The number of thiophene rings is 1. The predicted octanol–water partition coefficient (Wildman–Crippen LogP) is 1.63. The van der Waals surface area contributed by atoms with Crippen molar-refractivity contribution < 1.29 is 0 Å². The number of nitrogens with zero attached hydrogens (tertiary/aromatic N) is 1.